The predicted molar refractivity (Wildman–Crippen MR) is 87.8 cm³/mol. The molecule has 0 saturated heterocycles. The first kappa shape index (κ1) is 15.5. The SMILES string of the molecule is CCNCc1cc(F)cc(N(C)c2cc(C)cc(C)c2)c1. The molecule has 0 bridgehead atoms. The maximum absolute atomic E-state index is 13.8. The van der Waals surface area contributed by atoms with Gasteiger partial charge in [0.2, 0.25) is 0 Å². The Labute approximate surface area is 126 Å². The van der Waals surface area contributed by atoms with Gasteiger partial charge in [0.15, 0.2) is 0 Å². The van der Waals surface area contributed by atoms with Crippen LogP contribution in [0.15, 0.2) is 36.4 Å². The molecule has 2 aromatic carbocycles. The molecule has 0 aromatic heterocycles. The molecule has 0 radical (unpaired) electrons. The first-order valence-corrected chi connectivity index (χ1v) is 7.32. The molecular formula is C18H23FN2. The zero-order valence-electron chi connectivity index (χ0n) is 13.2. The van der Waals surface area contributed by atoms with E-state index in [1.807, 2.05) is 24.9 Å². The Morgan fingerprint density at radius 2 is 1.57 bits per heavy atom. The summed E-state index contributed by atoms with van der Waals surface area (Å²) in [5, 5.41) is 3.23. The van der Waals surface area contributed by atoms with Crippen molar-refractivity contribution in [1.29, 1.82) is 0 Å². The van der Waals surface area contributed by atoms with E-state index in [1.165, 1.54) is 11.1 Å². The second kappa shape index (κ2) is 6.72. The molecule has 2 aromatic rings. The molecule has 112 valence electrons. The maximum Gasteiger partial charge on any atom is 0.125 e. The molecule has 2 nitrogen and oxygen atoms in total. The highest BCUT2D eigenvalue weighted by Gasteiger charge is 2.08. The second-order valence-corrected chi connectivity index (χ2v) is 5.50. The van der Waals surface area contributed by atoms with Crippen molar-refractivity contribution in [3.63, 3.8) is 0 Å². The molecule has 2 rings (SSSR count). The summed E-state index contributed by atoms with van der Waals surface area (Å²) in [7, 11) is 1.97. The molecule has 0 aliphatic heterocycles. The summed E-state index contributed by atoms with van der Waals surface area (Å²) < 4.78 is 13.8. The first-order valence-electron chi connectivity index (χ1n) is 7.32. The number of hydrogen-bond donors (Lipinski definition) is 1. The van der Waals surface area contributed by atoms with E-state index in [9.17, 15) is 4.39 Å². The van der Waals surface area contributed by atoms with Crippen LogP contribution in [0, 0.1) is 19.7 Å². The van der Waals surface area contributed by atoms with Crippen LogP contribution in [0.4, 0.5) is 15.8 Å². The molecule has 21 heavy (non-hydrogen) atoms. The largest absolute Gasteiger partial charge is 0.345 e. The van der Waals surface area contributed by atoms with Gasteiger partial charge in [0.1, 0.15) is 5.82 Å². The fourth-order valence-electron chi connectivity index (χ4n) is 2.49. The van der Waals surface area contributed by atoms with Crippen molar-refractivity contribution in [3.05, 3.63) is 58.9 Å². The Morgan fingerprint density at radius 1 is 0.952 bits per heavy atom. The lowest BCUT2D eigenvalue weighted by Crippen LogP contribution is -2.14. The minimum Gasteiger partial charge on any atom is -0.345 e. The summed E-state index contributed by atoms with van der Waals surface area (Å²) in [6.07, 6.45) is 0. The Hall–Kier alpha value is -1.87. The molecule has 1 N–H and O–H groups in total. The summed E-state index contributed by atoms with van der Waals surface area (Å²) in [5.41, 5.74) is 5.32. The highest BCUT2D eigenvalue weighted by Crippen LogP contribution is 2.27. The summed E-state index contributed by atoms with van der Waals surface area (Å²) in [5.74, 6) is -0.198. The molecule has 0 fully saturated rings. The summed E-state index contributed by atoms with van der Waals surface area (Å²) in [4.78, 5) is 2.03. The van der Waals surface area contributed by atoms with Gasteiger partial charge in [0.05, 0.1) is 0 Å². The number of nitrogens with one attached hydrogen (secondary N) is 1. The van der Waals surface area contributed by atoms with Crippen molar-refractivity contribution >= 4 is 11.4 Å². The van der Waals surface area contributed by atoms with Crippen LogP contribution in [0.1, 0.15) is 23.6 Å². The average Bonchev–Trinajstić information content (AvgIpc) is 2.42. The highest BCUT2D eigenvalue weighted by atomic mass is 19.1. The minimum atomic E-state index is -0.198. The van der Waals surface area contributed by atoms with Gasteiger partial charge in [-0.1, -0.05) is 13.0 Å². The maximum atomic E-state index is 13.8. The lowest BCUT2D eigenvalue weighted by atomic mass is 10.1. The third-order valence-corrected chi connectivity index (χ3v) is 3.50. The van der Waals surface area contributed by atoms with Crippen molar-refractivity contribution in [1.82, 2.24) is 5.32 Å². The van der Waals surface area contributed by atoms with E-state index in [2.05, 4.69) is 37.4 Å². The van der Waals surface area contributed by atoms with Gasteiger partial charge >= 0.3 is 0 Å². The molecular weight excluding hydrogens is 263 g/mol. The number of anilines is 2. The topological polar surface area (TPSA) is 15.3 Å². The predicted octanol–water partition coefficient (Wildman–Crippen LogP) is 4.32. The standard InChI is InChI=1S/C18H23FN2/c1-5-20-12-15-9-16(19)11-18(10-15)21(4)17-7-13(2)6-14(3)8-17/h6-11,20H,5,12H2,1-4H3. The van der Waals surface area contributed by atoms with Crippen LogP contribution in [-0.2, 0) is 6.54 Å². The number of rotatable bonds is 5. The van der Waals surface area contributed by atoms with Crippen LogP contribution in [0.25, 0.3) is 0 Å². The quantitative estimate of drug-likeness (QED) is 0.880. The zero-order valence-corrected chi connectivity index (χ0v) is 13.2. The molecule has 3 heteroatoms. The summed E-state index contributed by atoms with van der Waals surface area (Å²) in [6.45, 7) is 7.75. The van der Waals surface area contributed by atoms with Gasteiger partial charge in [-0.15, -0.1) is 0 Å². The average molecular weight is 286 g/mol. The van der Waals surface area contributed by atoms with Gasteiger partial charge in [0, 0.05) is 25.0 Å². The van der Waals surface area contributed by atoms with E-state index in [0.29, 0.717) is 6.54 Å². The third kappa shape index (κ3) is 4.05. The van der Waals surface area contributed by atoms with Crippen LogP contribution in [0.5, 0.6) is 0 Å². The zero-order chi connectivity index (χ0) is 15.4. The van der Waals surface area contributed by atoms with Crippen LogP contribution < -0.4 is 10.2 Å². The van der Waals surface area contributed by atoms with Gasteiger partial charge in [-0.25, -0.2) is 4.39 Å². The Balaban J connectivity index is 2.33. The normalized spacial score (nSPS) is 10.7. The van der Waals surface area contributed by atoms with Crippen LogP contribution in [-0.4, -0.2) is 13.6 Å². The van der Waals surface area contributed by atoms with Crippen molar-refractivity contribution in [3.8, 4) is 0 Å². The number of hydrogen-bond acceptors (Lipinski definition) is 2. The van der Waals surface area contributed by atoms with E-state index < -0.39 is 0 Å². The summed E-state index contributed by atoms with van der Waals surface area (Å²) >= 11 is 0. The van der Waals surface area contributed by atoms with E-state index in [-0.39, 0.29) is 5.82 Å². The molecule has 0 aliphatic carbocycles. The smallest absolute Gasteiger partial charge is 0.125 e. The molecule has 0 spiro atoms. The molecule has 0 unspecified atom stereocenters. The van der Waals surface area contributed by atoms with Crippen LogP contribution in [0.2, 0.25) is 0 Å². The minimum absolute atomic E-state index is 0.198. The van der Waals surface area contributed by atoms with E-state index in [1.54, 1.807) is 12.1 Å². The van der Waals surface area contributed by atoms with Crippen molar-refractivity contribution in [2.75, 3.05) is 18.5 Å². The Kier molecular flexibility index (Phi) is 4.97. The van der Waals surface area contributed by atoms with Gasteiger partial charge in [-0.05, 0) is 67.4 Å². The first-order chi connectivity index (χ1) is 9.99. The lowest BCUT2D eigenvalue weighted by molar-refractivity contribution is 0.622. The van der Waals surface area contributed by atoms with E-state index in [0.717, 1.165) is 23.5 Å². The van der Waals surface area contributed by atoms with Crippen molar-refractivity contribution in [2.24, 2.45) is 0 Å². The van der Waals surface area contributed by atoms with Gasteiger partial charge < -0.3 is 10.2 Å². The van der Waals surface area contributed by atoms with E-state index in [4.69, 9.17) is 0 Å². The Bertz CT molecular complexity index is 602. The Morgan fingerprint density at radius 3 is 2.19 bits per heavy atom. The van der Waals surface area contributed by atoms with Gasteiger partial charge in [0.25, 0.3) is 0 Å². The number of benzene rings is 2. The monoisotopic (exact) mass is 286 g/mol. The molecule has 0 heterocycles. The fraction of sp³-hybridized carbons (Fsp3) is 0.333. The fourth-order valence-corrected chi connectivity index (χ4v) is 2.49. The molecule has 0 atom stereocenters. The van der Waals surface area contributed by atoms with Crippen molar-refractivity contribution in [2.45, 2.75) is 27.3 Å². The number of halogens is 1. The molecule has 0 amide bonds. The number of nitrogens with zero attached hydrogens (tertiary/aromatic N) is 1. The highest BCUT2D eigenvalue weighted by molar-refractivity contribution is 5.64. The van der Waals surface area contributed by atoms with E-state index >= 15 is 0 Å². The van der Waals surface area contributed by atoms with Gasteiger partial charge in [-0.2, -0.15) is 0 Å². The number of aryl methyl sites for hydroxylation is 2. The molecule has 0 saturated carbocycles. The lowest BCUT2D eigenvalue weighted by Gasteiger charge is -2.21. The second-order valence-electron chi connectivity index (χ2n) is 5.50. The van der Waals surface area contributed by atoms with Gasteiger partial charge in [-0.3, -0.25) is 0 Å². The molecule has 0 aliphatic rings. The van der Waals surface area contributed by atoms with Crippen molar-refractivity contribution < 1.29 is 4.39 Å². The van der Waals surface area contributed by atoms with Crippen LogP contribution in [0.3, 0.4) is 0 Å². The van der Waals surface area contributed by atoms with Crippen LogP contribution >= 0.6 is 0 Å². The summed E-state index contributed by atoms with van der Waals surface area (Å²) in [6, 6.07) is 11.6. The third-order valence-electron chi connectivity index (χ3n) is 3.50.